The molecule has 1 saturated heterocycles. The van der Waals surface area contributed by atoms with Gasteiger partial charge < -0.3 is 15.0 Å². The fourth-order valence-electron chi connectivity index (χ4n) is 4.76. The summed E-state index contributed by atoms with van der Waals surface area (Å²) in [4.78, 5) is 22.1. The Hall–Kier alpha value is -2.96. The zero-order valence-corrected chi connectivity index (χ0v) is 19.5. The summed E-state index contributed by atoms with van der Waals surface area (Å²) in [5.74, 6) is 0.810. The first-order valence-electron chi connectivity index (χ1n) is 11.9. The van der Waals surface area contributed by atoms with Crippen LogP contribution in [0, 0.1) is 0 Å². The predicted octanol–water partition coefficient (Wildman–Crippen LogP) is 4.05. The number of ether oxygens (including phenoxy) is 1. The number of fused-ring (bicyclic) bond motifs is 2. The van der Waals surface area contributed by atoms with Crippen LogP contribution in [0.4, 0.5) is 5.69 Å². The number of nitrogens with zero attached hydrogens (tertiary/aromatic N) is 3. The molecular weight excluding hydrogens is 412 g/mol. The Morgan fingerprint density at radius 3 is 2.61 bits per heavy atom. The van der Waals surface area contributed by atoms with E-state index in [4.69, 9.17) is 9.72 Å². The summed E-state index contributed by atoms with van der Waals surface area (Å²) < 4.78 is 6.06. The van der Waals surface area contributed by atoms with E-state index in [2.05, 4.69) is 45.4 Å². The van der Waals surface area contributed by atoms with E-state index >= 15 is 0 Å². The van der Waals surface area contributed by atoms with Crippen molar-refractivity contribution < 1.29 is 9.53 Å². The van der Waals surface area contributed by atoms with Crippen LogP contribution in [0.15, 0.2) is 54.6 Å². The van der Waals surface area contributed by atoms with Gasteiger partial charge in [-0.1, -0.05) is 36.4 Å². The monoisotopic (exact) mass is 444 g/mol. The fourth-order valence-corrected chi connectivity index (χ4v) is 4.76. The number of benzene rings is 2. The van der Waals surface area contributed by atoms with Crippen LogP contribution in [0.5, 0.6) is 5.75 Å². The number of nitrogens with one attached hydrogen (secondary N) is 1. The van der Waals surface area contributed by atoms with E-state index in [-0.39, 0.29) is 5.91 Å². The molecule has 33 heavy (non-hydrogen) atoms. The molecular formula is C27H32N4O2. The fraction of sp³-hybridized carbons (Fsp3) is 0.407. The SMILES string of the molecule is CC1(C)C(=O)Nc2c(OCCCN3CCN(Cc4ccc5ccccc5n4)CC3)cccc21. The third kappa shape index (κ3) is 4.59. The second-order valence-electron chi connectivity index (χ2n) is 9.57. The number of amides is 1. The van der Waals surface area contributed by atoms with Crippen LogP contribution in [-0.2, 0) is 16.8 Å². The molecule has 0 spiro atoms. The van der Waals surface area contributed by atoms with Gasteiger partial charge in [0.15, 0.2) is 0 Å². The summed E-state index contributed by atoms with van der Waals surface area (Å²) in [5.41, 5.74) is 3.56. The van der Waals surface area contributed by atoms with E-state index in [0.717, 1.165) is 73.9 Å². The maximum absolute atomic E-state index is 12.3. The Bertz CT molecular complexity index is 1150. The minimum Gasteiger partial charge on any atom is -0.491 e. The van der Waals surface area contributed by atoms with Crippen LogP contribution >= 0.6 is 0 Å². The quantitative estimate of drug-likeness (QED) is 0.557. The van der Waals surface area contributed by atoms with E-state index in [1.165, 1.54) is 5.39 Å². The number of piperazine rings is 1. The molecule has 3 aromatic rings. The molecule has 0 atom stereocenters. The normalized spacial score (nSPS) is 18.3. The number of hydrogen-bond donors (Lipinski definition) is 1. The lowest BCUT2D eigenvalue weighted by molar-refractivity contribution is -0.119. The van der Waals surface area contributed by atoms with Gasteiger partial charge in [-0.3, -0.25) is 14.7 Å². The lowest BCUT2D eigenvalue weighted by Gasteiger charge is -2.34. The molecule has 0 radical (unpaired) electrons. The van der Waals surface area contributed by atoms with Crippen molar-refractivity contribution in [2.24, 2.45) is 0 Å². The zero-order chi connectivity index (χ0) is 22.8. The van der Waals surface area contributed by atoms with E-state index in [1.807, 2.05) is 38.1 Å². The number of rotatable bonds is 7. The molecule has 0 saturated carbocycles. The number of anilines is 1. The molecule has 2 aromatic carbocycles. The van der Waals surface area contributed by atoms with Gasteiger partial charge in [-0.05, 0) is 44.0 Å². The largest absolute Gasteiger partial charge is 0.491 e. The topological polar surface area (TPSA) is 57.7 Å². The zero-order valence-electron chi connectivity index (χ0n) is 19.5. The first-order valence-corrected chi connectivity index (χ1v) is 11.9. The van der Waals surface area contributed by atoms with Crippen molar-refractivity contribution in [3.8, 4) is 5.75 Å². The van der Waals surface area contributed by atoms with Gasteiger partial charge in [0.05, 0.1) is 28.9 Å². The lowest BCUT2D eigenvalue weighted by atomic mass is 9.86. The van der Waals surface area contributed by atoms with Gasteiger partial charge in [-0.25, -0.2) is 0 Å². The summed E-state index contributed by atoms with van der Waals surface area (Å²) in [5, 5.41) is 4.19. The summed E-state index contributed by atoms with van der Waals surface area (Å²) in [6.07, 6.45) is 0.966. The van der Waals surface area contributed by atoms with Crippen molar-refractivity contribution in [3.05, 3.63) is 65.9 Å². The van der Waals surface area contributed by atoms with Gasteiger partial charge >= 0.3 is 0 Å². The van der Waals surface area contributed by atoms with Crippen molar-refractivity contribution in [2.45, 2.75) is 32.2 Å². The van der Waals surface area contributed by atoms with Crippen molar-refractivity contribution in [2.75, 3.05) is 44.6 Å². The number of hydrogen-bond acceptors (Lipinski definition) is 5. The highest BCUT2D eigenvalue weighted by Crippen LogP contribution is 2.42. The van der Waals surface area contributed by atoms with E-state index < -0.39 is 5.41 Å². The Morgan fingerprint density at radius 2 is 1.76 bits per heavy atom. The molecule has 172 valence electrons. The highest BCUT2D eigenvalue weighted by atomic mass is 16.5. The summed E-state index contributed by atoms with van der Waals surface area (Å²) in [7, 11) is 0. The minimum atomic E-state index is -0.503. The number of carbonyl (C=O) groups is 1. The van der Waals surface area contributed by atoms with Gasteiger partial charge in [0, 0.05) is 44.7 Å². The second-order valence-corrected chi connectivity index (χ2v) is 9.57. The van der Waals surface area contributed by atoms with Gasteiger partial charge in [-0.2, -0.15) is 0 Å². The van der Waals surface area contributed by atoms with Crippen molar-refractivity contribution in [3.63, 3.8) is 0 Å². The first-order chi connectivity index (χ1) is 16.0. The molecule has 0 unspecified atom stereocenters. The number of aromatic nitrogens is 1. The Balaban J connectivity index is 1.06. The highest BCUT2D eigenvalue weighted by molar-refractivity contribution is 6.07. The lowest BCUT2D eigenvalue weighted by Crippen LogP contribution is -2.46. The maximum atomic E-state index is 12.3. The first kappa shape index (κ1) is 21.9. The van der Waals surface area contributed by atoms with Crippen LogP contribution in [0.2, 0.25) is 0 Å². The molecule has 2 aliphatic heterocycles. The molecule has 6 heteroatoms. The molecule has 1 amide bonds. The molecule has 0 aliphatic carbocycles. The summed E-state index contributed by atoms with van der Waals surface area (Å²) >= 11 is 0. The second kappa shape index (κ2) is 9.12. The van der Waals surface area contributed by atoms with Crippen LogP contribution in [0.3, 0.4) is 0 Å². The van der Waals surface area contributed by atoms with Crippen LogP contribution in [-0.4, -0.2) is 60.0 Å². The third-order valence-corrected chi connectivity index (χ3v) is 6.89. The molecule has 3 heterocycles. The standard InChI is InChI=1S/C27H32N4O2/c1-27(2)22-8-5-10-24(25(22)29-26(27)32)33-18-6-13-30-14-16-31(17-15-30)19-21-12-11-20-7-3-4-9-23(20)28-21/h3-5,7-12H,6,13-19H2,1-2H3,(H,29,32). The average Bonchev–Trinajstić information content (AvgIpc) is 3.06. The number of pyridine rings is 1. The molecule has 5 rings (SSSR count). The molecule has 1 fully saturated rings. The molecule has 2 aliphatic rings. The van der Waals surface area contributed by atoms with Gasteiger partial charge in [0.1, 0.15) is 5.75 Å². The van der Waals surface area contributed by atoms with Gasteiger partial charge in [0.25, 0.3) is 0 Å². The van der Waals surface area contributed by atoms with Crippen LogP contribution in [0.1, 0.15) is 31.5 Å². The van der Waals surface area contributed by atoms with Gasteiger partial charge in [-0.15, -0.1) is 0 Å². The molecule has 1 aromatic heterocycles. The number of para-hydroxylation sites is 2. The summed E-state index contributed by atoms with van der Waals surface area (Å²) in [6.45, 7) is 10.7. The van der Waals surface area contributed by atoms with Crippen LogP contribution in [0.25, 0.3) is 10.9 Å². The van der Waals surface area contributed by atoms with Crippen molar-refractivity contribution in [1.82, 2.24) is 14.8 Å². The van der Waals surface area contributed by atoms with Crippen molar-refractivity contribution >= 4 is 22.5 Å². The molecule has 1 N–H and O–H groups in total. The van der Waals surface area contributed by atoms with Crippen LogP contribution < -0.4 is 10.1 Å². The third-order valence-electron chi connectivity index (χ3n) is 6.89. The minimum absolute atomic E-state index is 0.0327. The smallest absolute Gasteiger partial charge is 0.234 e. The Morgan fingerprint density at radius 1 is 0.970 bits per heavy atom. The van der Waals surface area contributed by atoms with Gasteiger partial charge in [0.2, 0.25) is 5.91 Å². The van der Waals surface area contributed by atoms with E-state index in [1.54, 1.807) is 0 Å². The van der Waals surface area contributed by atoms with E-state index in [9.17, 15) is 4.79 Å². The predicted molar refractivity (Wildman–Crippen MR) is 132 cm³/mol. The maximum Gasteiger partial charge on any atom is 0.234 e. The number of carbonyl (C=O) groups excluding carboxylic acids is 1. The molecule has 0 bridgehead atoms. The van der Waals surface area contributed by atoms with Crippen molar-refractivity contribution in [1.29, 1.82) is 0 Å². The summed E-state index contributed by atoms with van der Waals surface area (Å²) in [6, 6.07) is 18.5. The Kier molecular flexibility index (Phi) is 6.04. The van der Waals surface area contributed by atoms with E-state index in [0.29, 0.717) is 6.61 Å². The molecule has 6 nitrogen and oxygen atoms in total. The average molecular weight is 445 g/mol. The highest BCUT2D eigenvalue weighted by Gasteiger charge is 2.39. The Labute approximate surface area is 195 Å².